The van der Waals surface area contributed by atoms with Gasteiger partial charge in [-0.25, -0.2) is 9.18 Å². The van der Waals surface area contributed by atoms with Crippen molar-refractivity contribution >= 4 is 17.4 Å². The minimum absolute atomic E-state index is 0.328. The largest absolute Gasteiger partial charge is 0.323 e. The molecule has 0 saturated carbocycles. The first-order valence-electron chi connectivity index (χ1n) is 5.39. The van der Waals surface area contributed by atoms with Crippen LogP contribution in [0.5, 0.6) is 0 Å². The van der Waals surface area contributed by atoms with Gasteiger partial charge in [-0.2, -0.15) is 0 Å². The Kier molecular flexibility index (Phi) is 3.52. The molecule has 2 amide bonds. The van der Waals surface area contributed by atoms with E-state index in [0.717, 1.165) is 0 Å². The molecule has 2 rings (SSSR count). The number of nitrogens with zero attached hydrogens (tertiary/aromatic N) is 1. The maximum absolute atomic E-state index is 12.9. The SMILES string of the molecule is Cc1cc(F)ccc1NC(=O)Nc1cccnc1. The summed E-state index contributed by atoms with van der Waals surface area (Å²) in [6.07, 6.45) is 3.16. The molecule has 0 aliphatic carbocycles. The zero-order valence-electron chi connectivity index (χ0n) is 9.77. The van der Waals surface area contributed by atoms with E-state index in [1.165, 1.54) is 24.4 Å². The molecule has 0 atom stereocenters. The number of amides is 2. The lowest BCUT2D eigenvalue weighted by Crippen LogP contribution is -2.20. The molecular formula is C13H12FN3O. The maximum atomic E-state index is 12.9. The minimum atomic E-state index is -0.391. The second-order valence-electron chi connectivity index (χ2n) is 3.78. The number of aryl methyl sites for hydroxylation is 1. The molecule has 0 unspecified atom stereocenters. The Balaban J connectivity index is 2.03. The number of carbonyl (C=O) groups is 1. The van der Waals surface area contributed by atoms with E-state index < -0.39 is 6.03 Å². The lowest BCUT2D eigenvalue weighted by atomic mass is 10.2. The highest BCUT2D eigenvalue weighted by Crippen LogP contribution is 2.16. The van der Waals surface area contributed by atoms with Gasteiger partial charge in [-0.1, -0.05) is 0 Å². The van der Waals surface area contributed by atoms with Crippen LogP contribution in [0.1, 0.15) is 5.56 Å². The molecule has 1 aromatic heterocycles. The zero-order valence-corrected chi connectivity index (χ0v) is 9.77. The summed E-state index contributed by atoms with van der Waals surface area (Å²) in [4.78, 5) is 15.6. The van der Waals surface area contributed by atoms with E-state index in [-0.39, 0.29) is 5.82 Å². The topological polar surface area (TPSA) is 54.0 Å². The highest BCUT2D eigenvalue weighted by Gasteiger charge is 2.05. The molecule has 92 valence electrons. The highest BCUT2D eigenvalue weighted by atomic mass is 19.1. The summed E-state index contributed by atoms with van der Waals surface area (Å²) in [5.41, 5.74) is 1.82. The summed E-state index contributed by atoms with van der Waals surface area (Å²) in [7, 11) is 0. The van der Waals surface area contributed by atoms with Crippen LogP contribution in [0.3, 0.4) is 0 Å². The second kappa shape index (κ2) is 5.27. The number of carbonyl (C=O) groups excluding carboxylic acids is 1. The fourth-order valence-corrected chi connectivity index (χ4v) is 1.49. The average Bonchev–Trinajstić information content (AvgIpc) is 2.34. The molecule has 0 fully saturated rings. The van der Waals surface area contributed by atoms with Gasteiger partial charge in [-0.05, 0) is 42.8 Å². The Hall–Kier alpha value is -2.43. The summed E-state index contributed by atoms with van der Waals surface area (Å²) >= 11 is 0. The molecule has 18 heavy (non-hydrogen) atoms. The summed E-state index contributed by atoms with van der Waals surface area (Å²) in [6, 6.07) is 7.24. The van der Waals surface area contributed by atoms with Crippen molar-refractivity contribution in [1.82, 2.24) is 4.98 Å². The van der Waals surface area contributed by atoms with Crippen LogP contribution in [0.15, 0.2) is 42.7 Å². The molecule has 0 aliphatic heterocycles. The van der Waals surface area contributed by atoms with Gasteiger partial charge < -0.3 is 10.6 Å². The Morgan fingerprint density at radius 3 is 2.78 bits per heavy atom. The highest BCUT2D eigenvalue weighted by molar-refractivity contribution is 6.00. The van der Waals surface area contributed by atoms with Crippen molar-refractivity contribution in [3.05, 3.63) is 54.1 Å². The number of hydrogen-bond acceptors (Lipinski definition) is 2. The molecule has 2 N–H and O–H groups in total. The number of pyridine rings is 1. The lowest BCUT2D eigenvalue weighted by molar-refractivity contribution is 0.262. The molecular weight excluding hydrogens is 233 g/mol. The van der Waals surface area contributed by atoms with Gasteiger partial charge in [-0.15, -0.1) is 0 Å². The third-order valence-corrected chi connectivity index (χ3v) is 2.36. The van der Waals surface area contributed by atoms with Gasteiger partial charge >= 0.3 is 6.03 Å². The zero-order chi connectivity index (χ0) is 13.0. The van der Waals surface area contributed by atoms with Gasteiger partial charge in [0.1, 0.15) is 5.82 Å². The summed E-state index contributed by atoms with van der Waals surface area (Å²) in [5.74, 6) is -0.328. The Morgan fingerprint density at radius 1 is 1.28 bits per heavy atom. The molecule has 0 saturated heterocycles. The van der Waals surface area contributed by atoms with E-state index in [2.05, 4.69) is 15.6 Å². The van der Waals surface area contributed by atoms with Gasteiger partial charge in [0, 0.05) is 11.9 Å². The predicted octanol–water partition coefficient (Wildman–Crippen LogP) is 3.17. The van der Waals surface area contributed by atoms with E-state index in [1.54, 1.807) is 25.3 Å². The predicted molar refractivity (Wildman–Crippen MR) is 68.0 cm³/mol. The first-order chi connectivity index (χ1) is 8.65. The molecule has 1 heterocycles. The third kappa shape index (κ3) is 3.04. The number of benzene rings is 1. The van der Waals surface area contributed by atoms with Crippen LogP contribution in [0.2, 0.25) is 0 Å². The van der Waals surface area contributed by atoms with E-state index in [4.69, 9.17) is 0 Å². The average molecular weight is 245 g/mol. The van der Waals surface area contributed by atoms with E-state index in [9.17, 15) is 9.18 Å². The van der Waals surface area contributed by atoms with Gasteiger partial charge in [0.05, 0.1) is 11.9 Å². The molecule has 2 aromatic rings. The number of aromatic nitrogens is 1. The Morgan fingerprint density at radius 2 is 2.11 bits per heavy atom. The maximum Gasteiger partial charge on any atom is 0.323 e. The molecule has 0 bridgehead atoms. The molecule has 1 aromatic carbocycles. The van der Waals surface area contributed by atoms with Gasteiger partial charge in [0.15, 0.2) is 0 Å². The number of urea groups is 1. The quantitative estimate of drug-likeness (QED) is 0.853. The van der Waals surface area contributed by atoms with Crippen molar-refractivity contribution < 1.29 is 9.18 Å². The fourth-order valence-electron chi connectivity index (χ4n) is 1.49. The molecule has 4 nitrogen and oxygen atoms in total. The number of anilines is 2. The van der Waals surface area contributed by atoms with Crippen molar-refractivity contribution in [3.63, 3.8) is 0 Å². The van der Waals surface area contributed by atoms with Crippen LogP contribution in [-0.2, 0) is 0 Å². The first kappa shape index (κ1) is 12.0. The van der Waals surface area contributed by atoms with Crippen LogP contribution in [0.4, 0.5) is 20.6 Å². The summed E-state index contributed by atoms with van der Waals surface area (Å²) < 4.78 is 12.9. The Bertz CT molecular complexity index is 557. The first-order valence-corrected chi connectivity index (χ1v) is 5.39. The molecule has 0 spiro atoms. The van der Waals surface area contributed by atoms with Crippen molar-refractivity contribution in [1.29, 1.82) is 0 Å². The van der Waals surface area contributed by atoms with E-state index in [0.29, 0.717) is 16.9 Å². The summed E-state index contributed by atoms with van der Waals surface area (Å²) in [5, 5.41) is 5.27. The second-order valence-corrected chi connectivity index (χ2v) is 3.78. The smallest absolute Gasteiger partial charge is 0.307 e. The van der Waals surface area contributed by atoms with Crippen LogP contribution in [0.25, 0.3) is 0 Å². The van der Waals surface area contributed by atoms with Crippen molar-refractivity contribution in [3.8, 4) is 0 Å². The monoisotopic (exact) mass is 245 g/mol. The minimum Gasteiger partial charge on any atom is -0.307 e. The number of nitrogens with one attached hydrogen (secondary N) is 2. The van der Waals surface area contributed by atoms with Gasteiger partial charge in [-0.3, -0.25) is 4.98 Å². The van der Waals surface area contributed by atoms with Gasteiger partial charge in [0.25, 0.3) is 0 Å². The van der Waals surface area contributed by atoms with Gasteiger partial charge in [0.2, 0.25) is 0 Å². The molecule has 0 radical (unpaired) electrons. The van der Waals surface area contributed by atoms with E-state index in [1.807, 2.05) is 0 Å². The molecule has 5 heteroatoms. The summed E-state index contributed by atoms with van der Waals surface area (Å²) in [6.45, 7) is 1.72. The number of hydrogen-bond donors (Lipinski definition) is 2. The van der Waals surface area contributed by atoms with Crippen molar-refractivity contribution in [2.75, 3.05) is 10.6 Å². The normalized spacial score (nSPS) is 9.89. The third-order valence-electron chi connectivity index (χ3n) is 2.36. The van der Waals surface area contributed by atoms with Crippen LogP contribution in [0, 0.1) is 12.7 Å². The van der Waals surface area contributed by atoms with Crippen LogP contribution < -0.4 is 10.6 Å². The lowest BCUT2D eigenvalue weighted by Gasteiger charge is -2.09. The van der Waals surface area contributed by atoms with Crippen molar-refractivity contribution in [2.24, 2.45) is 0 Å². The fraction of sp³-hybridized carbons (Fsp3) is 0.0769. The molecule has 0 aliphatic rings. The number of halogens is 1. The van der Waals surface area contributed by atoms with Crippen molar-refractivity contribution in [2.45, 2.75) is 6.92 Å². The van der Waals surface area contributed by atoms with E-state index >= 15 is 0 Å². The Labute approximate surface area is 104 Å². The standard InChI is InChI=1S/C13H12FN3O/c1-9-7-10(14)4-5-12(9)17-13(18)16-11-3-2-6-15-8-11/h2-8H,1H3,(H2,16,17,18). The number of rotatable bonds is 2. The van der Waals surface area contributed by atoms with Crippen LogP contribution in [-0.4, -0.2) is 11.0 Å². The van der Waals surface area contributed by atoms with Crippen LogP contribution >= 0.6 is 0 Å².